The normalized spacial score (nSPS) is 17.3. The van der Waals surface area contributed by atoms with Crippen molar-refractivity contribution in [2.75, 3.05) is 36.2 Å². The second-order valence-electron chi connectivity index (χ2n) is 9.04. The van der Waals surface area contributed by atoms with Crippen molar-refractivity contribution >= 4 is 46.0 Å². The number of nitrogens with two attached hydrogens (primary N) is 1. The van der Waals surface area contributed by atoms with Crippen molar-refractivity contribution in [3.63, 3.8) is 0 Å². The summed E-state index contributed by atoms with van der Waals surface area (Å²) in [6, 6.07) is 10.4. The van der Waals surface area contributed by atoms with Gasteiger partial charge in [-0.25, -0.2) is 9.37 Å². The lowest BCUT2D eigenvalue weighted by Crippen LogP contribution is -2.40. The fourth-order valence-electron chi connectivity index (χ4n) is 5.04. The zero-order valence-electron chi connectivity index (χ0n) is 19.8. The number of carbonyl (C=O) groups excluding carboxylic acids is 1. The minimum absolute atomic E-state index is 0.0185. The number of nitrogens with one attached hydrogen (secondary N) is 1. The van der Waals surface area contributed by atoms with E-state index in [2.05, 4.69) is 15.3 Å². The number of nitrogens with zero attached hydrogens (tertiary/aromatic N) is 6. The molecule has 2 aliphatic heterocycles. The smallest absolute Gasteiger partial charge is 0.267 e. The van der Waals surface area contributed by atoms with Crippen LogP contribution in [0.2, 0.25) is 5.02 Å². The molecule has 0 saturated carbocycles. The molecule has 1 amide bonds. The van der Waals surface area contributed by atoms with Crippen LogP contribution in [0.15, 0.2) is 47.3 Å². The molecule has 4 heterocycles. The molecule has 188 valence electrons. The van der Waals surface area contributed by atoms with Gasteiger partial charge in [-0.3, -0.25) is 14.2 Å². The van der Waals surface area contributed by atoms with Crippen LogP contribution >= 0.6 is 11.6 Å². The summed E-state index contributed by atoms with van der Waals surface area (Å²) >= 11 is 6.40. The first-order chi connectivity index (χ1) is 17.8. The molecule has 1 saturated heterocycles. The Kier molecular flexibility index (Phi) is 5.45. The molecule has 0 aliphatic carbocycles. The number of aromatic nitrogens is 4. The van der Waals surface area contributed by atoms with E-state index in [1.165, 1.54) is 27.7 Å². The Morgan fingerprint density at radius 3 is 2.76 bits per heavy atom. The van der Waals surface area contributed by atoms with Gasteiger partial charge in [0.2, 0.25) is 5.95 Å². The number of carbonyl (C=O) groups is 1. The van der Waals surface area contributed by atoms with E-state index in [4.69, 9.17) is 22.3 Å². The second kappa shape index (κ2) is 8.70. The summed E-state index contributed by atoms with van der Waals surface area (Å²) in [6.07, 6.45) is 1.36. The molecular formula is C25H22ClFN8O2. The highest BCUT2D eigenvalue weighted by molar-refractivity contribution is 6.35. The minimum Gasteiger partial charge on any atom is -0.368 e. The number of anilines is 3. The van der Waals surface area contributed by atoms with Crippen LogP contribution < -0.4 is 21.5 Å². The number of rotatable bonds is 3. The highest BCUT2D eigenvalue weighted by Gasteiger charge is 2.37. The van der Waals surface area contributed by atoms with E-state index >= 15 is 0 Å². The lowest BCUT2D eigenvalue weighted by molar-refractivity contribution is 0.0796. The molecule has 1 atom stereocenters. The van der Waals surface area contributed by atoms with Gasteiger partial charge in [0.1, 0.15) is 28.8 Å². The molecular weight excluding hydrogens is 499 g/mol. The molecule has 37 heavy (non-hydrogen) atoms. The van der Waals surface area contributed by atoms with E-state index in [9.17, 15) is 14.0 Å². The number of nitrogen functional groups attached to an aromatic ring is 1. The predicted octanol–water partition coefficient (Wildman–Crippen LogP) is 3.35. The molecule has 3 N–H and O–H groups in total. The molecule has 1 fully saturated rings. The van der Waals surface area contributed by atoms with E-state index in [1.807, 2.05) is 4.90 Å². The van der Waals surface area contributed by atoms with Gasteiger partial charge < -0.3 is 20.9 Å². The van der Waals surface area contributed by atoms with Crippen molar-refractivity contribution in [1.29, 1.82) is 0 Å². The summed E-state index contributed by atoms with van der Waals surface area (Å²) in [6.45, 7) is 0.828. The maximum Gasteiger partial charge on any atom is 0.267 e. The number of hydrogen-bond acceptors (Lipinski definition) is 8. The van der Waals surface area contributed by atoms with Crippen LogP contribution in [0.4, 0.5) is 22.0 Å². The Bertz CT molecular complexity index is 1640. The topological polar surface area (TPSA) is 122 Å². The van der Waals surface area contributed by atoms with Gasteiger partial charge in [0.05, 0.1) is 34.3 Å². The molecule has 2 aliphatic rings. The molecule has 4 aromatic rings. The van der Waals surface area contributed by atoms with E-state index in [-0.39, 0.29) is 28.9 Å². The Hall–Kier alpha value is -4.25. The van der Waals surface area contributed by atoms with Crippen LogP contribution in [-0.4, -0.2) is 50.6 Å². The fraction of sp³-hybridized carbons (Fsp3) is 0.240. The molecule has 12 heteroatoms. The number of amides is 1. The molecule has 2 aromatic heterocycles. The second-order valence-corrected chi connectivity index (χ2v) is 9.45. The number of fused-ring (bicyclic) bond motifs is 2. The summed E-state index contributed by atoms with van der Waals surface area (Å²) < 4.78 is 15.7. The third-order valence-electron chi connectivity index (χ3n) is 6.71. The Morgan fingerprint density at radius 1 is 1.14 bits per heavy atom. The van der Waals surface area contributed by atoms with Gasteiger partial charge in [-0.1, -0.05) is 23.7 Å². The van der Waals surface area contributed by atoms with Gasteiger partial charge in [0.25, 0.3) is 11.5 Å². The summed E-state index contributed by atoms with van der Waals surface area (Å²) in [5.41, 5.74) is 6.66. The quantitative estimate of drug-likeness (QED) is 0.422. The Labute approximate surface area is 215 Å². The predicted molar refractivity (Wildman–Crippen MR) is 139 cm³/mol. The van der Waals surface area contributed by atoms with Crippen molar-refractivity contribution in [3.05, 3.63) is 75.0 Å². The van der Waals surface area contributed by atoms with Crippen LogP contribution in [-0.2, 0) is 0 Å². The number of hydrogen-bond donors (Lipinski definition) is 2. The van der Waals surface area contributed by atoms with E-state index in [1.54, 1.807) is 31.3 Å². The molecule has 0 bridgehead atoms. The summed E-state index contributed by atoms with van der Waals surface area (Å²) in [4.78, 5) is 44.0. The molecule has 0 radical (unpaired) electrons. The fourth-order valence-corrected chi connectivity index (χ4v) is 5.29. The average Bonchev–Trinajstić information content (AvgIpc) is 3.35. The van der Waals surface area contributed by atoms with Crippen LogP contribution in [0.5, 0.6) is 0 Å². The lowest BCUT2D eigenvalue weighted by atomic mass is 10.1. The monoisotopic (exact) mass is 520 g/mol. The highest BCUT2D eigenvalue weighted by Crippen LogP contribution is 2.40. The Balaban J connectivity index is 1.60. The van der Waals surface area contributed by atoms with Gasteiger partial charge in [-0.15, -0.1) is 0 Å². The molecule has 2 aromatic carbocycles. The SMILES string of the molecule is CN1CNc2nc(N)nc(N3CCC[C@H]3c3nc4cccc(Cl)c4c(=O)n3-c3cccc(F)c3)c2C1=O. The maximum atomic E-state index is 14.3. The molecule has 0 unspecified atom stereocenters. The highest BCUT2D eigenvalue weighted by atomic mass is 35.5. The van der Waals surface area contributed by atoms with Crippen LogP contribution in [0.1, 0.15) is 35.1 Å². The van der Waals surface area contributed by atoms with Crippen molar-refractivity contribution in [2.45, 2.75) is 18.9 Å². The van der Waals surface area contributed by atoms with Crippen LogP contribution in [0, 0.1) is 5.82 Å². The first kappa shape index (κ1) is 23.2. The van der Waals surface area contributed by atoms with Gasteiger partial charge in [0.15, 0.2) is 0 Å². The molecule has 0 spiro atoms. The zero-order chi connectivity index (χ0) is 25.8. The van der Waals surface area contributed by atoms with E-state index in [0.29, 0.717) is 47.2 Å². The summed E-state index contributed by atoms with van der Waals surface area (Å²) in [7, 11) is 1.68. The maximum absolute atomic E-state index is 14.3. The van der Waals surface area contributed by atoms with Crippen molar-refractivity contribution in [3.8, 4) is 5.69 Å². The largest absolute Gasteiger partial charge is 0.368 e. The van der Waals surface area contributed by atoms with Gasteiger partial charge in [-0.2, -0.15) is 9.97 Å². The molecule has 6 rings (SSSR count). The van der Waals surface area contributed by atoms with Gasteiger partial charge in [-0.05, 0) is 43.2 Å². The summed E-state index contributed by atoms with van der Waals surface area (Å²) in [5.74, 6) is 0.395. The van der Waals surface area contributed by atoms with Crippen LogP contribution in [0.25, 0.3) is 16.6 Å². The van der Waals surface area contributed by atoms with Gasteiger partial charge >= 0.3 is 0 Å². The van der Waals surface area contributed by atoms with E-state index in [0.717, 1.165) is 6.42 Å². The Morgan fingerprint density at radius 2 is 1.95 bits per heavy atom. The third-order valence-corrected chi connectivity index (χ3v) is 7.03. The third kappa shape index (κ3) is 3.73. The summed E-state index contributed by atoms with van der Waals surface area (Å²) in [5, 5.41) is 3.60. The van der Waals surface area contributed by atoms with Crippen LogP contribution in [0.3, 0.4) is 0 Å². The van der Waals surface area contributed by atoms with Gasteiger partial charge in [0, 0.05) is 13.6 Å². The first-order valence-electron chi connectivity index (χ1n) is 11.7. The van der Waals surface area contributed by atoms with E-state index < -0.39 is 17.4 Å². The molecule has 10 nitrogen and oxygen atoms in total. The van der Waals surface area contributed by atoms with Crippen molar-refractivity contribution < 1.29 is 9.18 Å². The number of benzene rings is 2. The lowest BCUT2D eigenvalue weighted by Gasteiger charge is -2.32. The first-order valence-corrected chi connectivity index (χ1v) is 12.1. The zero-order valence-corrected chi connectivity index (χ0v) is 20.5. The van der Waals surface area contributed by atoms with Crippen molar-refractivity contribution in [2.24, 2.45) is 0 Å². The minimum atomic E-state index is -0.491. The van der Waals surface area contributed by atoms with Crippen molar-refractivity contribution in [1.82, 2.24) is 24.4 Å². The average molecular weight is 521 g/mol. The number of halogens is 2. The standard InChI is InChI=1S/C25H22ClFN8O2/c1-33-12-29-20-19(23(33)36)22(32-25(28)31-20)34-10-4-9-17(34)21-30-16-8-3-7-15(26)18(16)24(37)35(21)14-6-2-5-13(27)11-14/h2-3,5-8,11,17H,4,9-10,12H2,1H3,(H3,28,29,31,32)/t17-/m0/s1.